The minimum absolute atomic E-state index is 0.720. The molecule has 104 valence electrons. The van der Waals surface area contributed by atoms with Crippen molar-refractivity contribution in [3.63, 3.8) is 0 Å². The number of allylic oxidation sites excluding steroid dienone is 3. The van der Waals surface area contributed by atoms with E-state index in [0.29, 0.717) is 0 Å². The van der Waals surface area contributed by atoms with Gasteiger partial charge in [0.2, 0.25) is 0 Å². The molecular formula is C17H25NS. The number of rotatable bonds is 8. The van der Waals surface area contributed by atoms with E-state index >= 15 is 0 Å². The van der Waals surface area contributed by atoms with Crippen LogP contribution < -0.4 is 5.73 Å². The van der Waals surface area contributed by atoms with Crippen molar-refractivity contribution in [1.29, 1.82) is 0 Å². The first kappa shape index (κ1) is 16.1. The van der Waals surface area contributed by atoms with Gasteiger partial charge in [-0.2, -0.15) is 0 Å². The smallest absolute Gasteiger partial charge is 0.0228 e. The van der Waals surface area contributed by atoms with Crippen LogP contribution in [0.25, 0.3) is 0 Å². The van der Waals surface area contributed by atoms with Gasteiger partial charge in [-0.05, 0) is 49.1 Å². The minimum Gasteiger partial charge on any atom is -0.330 e. The van der Waals surface area contributed by atoms with Gasteiger partial charge in [0.1, 0.15) is 0 Å². The van der Waals surface area contributed by atoms with Gasteiger partial charge in [-0.3, -0.25) is 0 Å². The quantitative estimate of drug-likeness (QED) is 0.555. The summed E-state index contributed by atoms with van der Waals surface area (Å²) in [5.74, 6) is 1.04. The van der Waals surface area contributed by atoms with E-state index in [1.165, 1.54) is 16.0 Å². The lowest BCUT2D eigenvalue weighted by molar-refractivity contribution is 0.966. The lowest BCUT2D eigenvalue weighted by Gasteiger charge is -2.05. The number of benzene rings is 1. The molecule has 0 radical (unpaired) electrons. The molecule has 0 aromatic heterocycles. The Morgan fingerprint density at radius 1 is 1.16 bits per heavy atom. The van der Waals surface area contributed by atoms with Crippen LogP contribution in [0.4, 0.5) is 0 Å². The monoisotopic (exact) mass is 275 g/mol. The Bertz CT molecular complexity index is 404. The molecule has 1 aromatic carbocycles. The third-order valence-corrected chi connectivity index (χ3v) is 3.88. The van der Waals surface area contributed by atoms with E-state index in [1.807, 2.05) is 11.8 Å². The van der Waals surface area contributed by atoms with E-state index in [2.05, 4.69) is 56.3 Å². The summed E-state index contributed by atoms with van der Waals surface area (Å²) in [7, 11) is 0. The fourth-order valence-corrected chi connectivity index (χ4v) is 2.67. The minimum atomic E-state index is 0.720. The van der Waals surface area contributed by atoms with Crippen LogP contribution in [0.3, 0.4) is 0 Å². The first-order valence-corrected chi connectivity index (χ1v) is 8.06. The summed E-state index contributed by atoms with van der Waals surface area (Å²) in [5.41, 5.74) is 8.29. The lowest BCUT2D eigenvalue weighted by Crippen LogP contribution is -2.02. The Balaban J connectivity index is 2.54. The molecule has 0 bridgehead atoms. The van der Waals surface area contributed by atoms with Crippen LogP contribution in [-0.4, -0.2) is 12.3 Å². The highest BCUT2D eigenvalue weighted by molar-refractivity contribution is 7.99. The van der Waals surface area contributed by atoms with Crippen molar-refractivity contribution < 1.29 is 0 Å². The van der Waals surface area contributed by atoms with E-state index < -0.39 is 0 Å². The van der Waals surface area contributed by atoms with Crippen molar-refractivity contribution >= 4 is 11.8 Å². The summed E-state index contributed by atoms with van der Waals surface area (Å²) in [5, 5.41) is 0. The molecule has 1 aromatic rings. The molecule has 0 aliphatic carbocycles. The van der Waals surface area contributed by atoms with E-state index in [9.17, 15) is 0 Å². The predicted molar refractivity (Wildman–Crippen MR) is 87.7 cm³/mol. The number of thioether (sulfide) groups is 1. The average Bonchev–Trinajstić information content (AvgIpc) is 2.44. The van der Waals surface area contributed by atoms with Crippen LogP contribution in [0.2, 0.25) is 0 Å². The zero-order chi connectivity index (χ0) is 13.9. The van der Waals surface area contributed by atoms with Gasteiger partial charge in [-0.1, -0.05) is 44.2 Å². The molecule has 2 N–H and O–H groups in total. The Morgan fingerprint density at radius 2 is 1.89 bits per heavy atom. The molecule has 1 rings (SSSR count). The molecule has 0 unspecified atom stereocenters. The van der Waals surface area contributed by atoms with Crippen molar-refractivity contribution in [2.75, 3.05) is 12.3 Å². The zero-order valence-electron chi connectivity index (χ0n) is 12.1. The molecule has 0 aliphatic rings. The van der Waals surface area contributed by atoms with Crippen molar-refractivity contribution in [2.24, 2.45) is 5.73 Å². The van der Waals surface area contributed by atoms with Crippen molar-refractivity contribution in [3.8, 4) is 0 Å². The molecule has 0 atom stereocenters. The molecule has 19 heavy (non-hydrogen) atoms. The average molecular weight is 275 g/mol. The molecule has 0 spiro atoms. The van der Waals surface area contributed by atoms with Crippen LogP contribution in [-0.2, 0) is 6.42 Å². The van der Waals surface area contributed by atoms with Gasteiger partial charge < -0.3 is 5.73 Å². The largest absolute Gasteiger partial charge is 0.330 e. The van der Waals surface area contributed by atoms with E-state index in [-0.39, 0.29) is 0 Å². The molecular weight excluding hydrogens is 250 g/mol. The summed E-state index contributed by atoms with van der Waals surface area (Å²) in [6.07, 6.45) is 9.94. The highest BCUT2D eigenvalue weighted by Gasteiger charge is 1.97. The third kappa shape index (κ3) is 6.65. The molecule has 0 amide bonds. The molecule has 0 saturated heterocycles. The summed E-state index contributed by atoms with van der Waals surface area (Å²) in [6, 6.07) is 8.76. The van der Waals surface area contributed by atoms with Crippen LogP contribution in [0.1, 0.15) is 32.3 Å². The number of hydrogen-bond acceptors (Lipinski definition) is 2. The fourth-order valence-electron chi connectivity index (χ4n) is 1.79. The molecule has 2 heteroatoms. The molecule has 1 nitrogen and oxygen atoms in total. The topological polar surface area (TPSA) is 26.0 Å². The van der Waals surface area contributed by atoms with Crippen LogP contribution in [0, 0.1) is 0 Å². The van der Waals surface area contributed by atoms with Gasteiger partial charge >= 0.3 is 0 Å². The van der Waals surface area contributed by atoms with E-state index in [0.717, 1.165) is 31.6 Å². The Labute approximate surface area is 122 Å². The third-order valence-electron chi connectivity index (χ3n) is 2.80. The molecule has 0 heterocycles. The fraction of sp³-hybridized carbons (Fsp3) is 0.412. The highest BCUT2D eigenvalue weighted by atomic mass is 32.2. The SMILES string of the molecule is CC/C=C\C(=C/CC)CSc1ccc(CCN)cc1. The zero-order valence-corrected chi connectivity index (χ0v) is 12.9. The van der Waals surface area contributed by atoms with Crippen LogP contribution in [0.15, 0.2) is 53.0 Å². The maximum absolute atomic E-state index is 5.56. The first-order chi connectivity index (χ1) is 9.30. The summed E-state index contributed by atoms with van der Waals surface area (Å²) < 4.78 is 0. The van der Waals surface area contributed by atoms with Crippen LogP contribution >= 0.6 is 11.8 Å². The standard InChI is InChI=1S/C17H25NS/c1-3-5-7-16(6-4-2)14-19-17-10-8-15(9-11-17)12-13-18/h5-11H,3-4,12-14,18H2,1-2H3/b7-5-,16-6+. The van der Waals surface area contributed by atoms with Gasteiger partial charge in [-0.25, -0.2) is 0 Å². The van der Waals surface area contributed by atoms with Gasteiger partial charge in [0.25, 0.3) is 0 Å². The van der Waals surface area contributed by atoms with Gasteiger partial charge in [0, 0.05) is 10.6 Å². The lowest BCUT2D eigenvalue weighted by atomic mass is 10.2. The Hall–Kier alpha value is -0.990. The second-order valence-electron chi connectivity index (χ2n) is 4.47. The first-order valence-electron chi connectivity index (χ1n) is 7.07. The highest BCUT2D eigenvalue weighted by Crippen LogP contribution is 2.22. The summed E-state index contributed by atoms with van der Waals surface area (Å²) in [4.78, 5) is 1.33. The number of nitrogens with two attached hydrogens (primary N) is 1. The van der Waals surface area contributed by atoms with Crippen molar-refractivity contribution in [1.82, 2.24) is 0 Å². The summed E-state index contributed by atoms with van der Waals surface area (Å²) in [6.45, 7) is 5.08. The van der Waals surface area contributed by atoms with E-state index in [4.69, 9.17) is 5.73 Å². The maximum atomic E-state index is 5.56. The normalized spacial score (nSPS) is 12.3. The number of hydrogen-bond donors (Lipinski definition) is 1. The molecule has 0 saturated carbocycles. The Kier molecular flexibility index (Phi) is 8.35. The van der Waals surface area contributed by atoms with E-state index in [1.54, 1.807) is 0 Å². The molecule has 0 aliphatic heterocycles. The van der Waals surface area contributed by atoms with Gasteiger partial charge in [0.05, 0.1) is 0 Å². The Morgan fingerprint density at radius 3 is 2.47 bits per heavy atom. The predicted octanol–water partition coefficient (Wildman–Crippen LogP) is 4.58. The van der Waals surface area contributed by atoms with Crippen LogP contribution in [0.5, 0.6) is 0 Å². The second-order valence-corrected chi connectivity index (χ2v) is 5.52. The molecule has 0 fully saturated rings. The van der Waals surface area contributed by atoms with Gasteiger partial charge in [0.15, 0.2) is 0 Å². The van der Waals surface area contributed by atoms with Crippen molar-refractivity contribution in [3.05, 3.63) is 53.6 Å². The van der Waals surface area contributed by atoms with Crippen molar-refractivity contribution in [2.45, 2.75) is 38.0 Å². The maximum Gasteiger partial charge on any atom is 0.0228 e. The van der Waals surface area contributed by atoms with Gasteiger partial charge in [-0.15, -0.1) is 11.8 Å². The summed E-state index contributed by atoms with van der Waals surface area (Å²) >= 11 is 1.89. The second kappa shape index (κ2) is 9.88.